The summed E-state index contributed by atoms with van der Waals surface area (Å²) < 4.78 is 5.82. The van der Waals surface area contributed by atoms with E-state index in [1.54, 1.807) is 0 Å². The summed E-state index contributed by atoms with van der Waals surface area (Å²) >= 11 is 0. The van der Waals surface area contributed by atoms with Gasteiger partial charge in [-0.05, 0) is 32.4 Å². The van der Waals surface area contributed by atoms with Crippen LogP contribution in [-0.4, -0.2) is 19.2 Å². The van der Waals surface area contributed by atoms with Crippen LogP contribution >= 0.6 is 0 Å². The van der Waals surface area contributed by atoms with Crippen molar-refractivity contribution in [2.45, 2.75) is 39.7 Å². The summed E-state index contributed by atoms with van der Waals surface area (Å²) in [5.74, 6) is 0.979. The number of hydrogen-bond acceptors (Lipinski definition) is 2. The minimum absolute atomic E-state index is 0.571. The van der Waals surface area contributed by atoms with Gasteiger partial charge in [0.25, 0.3) is 0 Å². The predicted molar refractivity (Wildman–Crippen MR) is 79.0 cm³/mol. The Labute approximate surface area is 111 Å². The van der Waals surface area contributed by atoms with Crippen LogP contribution in [0.1, 0.15) is 39.2 Å². The average molecular weight is 247 g/mol. The number of rotatable bonds is 8. The van der Waals surface area contributed by atoms with Crippen molar-refractivity contribution in [2.75, 3.05) is 13.2 Å². The van der Waals surface area contributed by atoms with E-state index in [4.69, 9.17) is 4.74 Å². The lowest BCUT2D eigenvalue weighted by Crippen LogP contribution is -2.23. The Kier molecular flexibility index (Phi) is 7.19. The zero-order valence-corrected chi connectivity index (χ0v) is 11.8. The standard InChI is InChI=1S/C16H25NO/c1-4-9-15-10-5-6-11-16(15)18-13-8-7-12-17-14(2)3/h4-6,9-11,14,17H,7-8,12-13H2,1-3H3. The van der Waals surface area contributed by atoms with Crippen LogP contribution in [0.5, 0.6) is 5.75 Å². The zero-order valence-electron chi connectivity index (χ0n) is 11.8. The normalized spacial score (nSPS) is 11.3. The number of allylic oxidation sites excluding steroid dienone is 1. The number of hydrogen-bond donors (Lipinski definition) is 1. The van der Waals surface area contributed by atoms with Crippen molar-refractivity contribution < 1.29 is 4.74 Å². The van der Waals surface area contributed by atoms with Gasteiger partial charge in [0, 0.05) is 11.6 Å². The second kappa shape index (κ2) is 8.76. The molecule has 0 saturated heterocycles. The van der Waals surface area contributed by atoms with E-state index in [9.17, 15) is 0 Å². The number of ether oxygens (including phenoxy) is 1. The van der Waals surface area contributed by atoms with Crippen LogP contribution in [0.2, 0.25) is 0 Å². The molecule has 2 nitrogen and oxygen atoms in total. The number of nitrogens with one attached hydrogen (secondary N) is 1. The quantitative estimate of drug-likeness (QED) is 0.704. The Morgan fingerprint density at radius 1 is 1.22 bits per heavy atom. The van der Waals surface area contributed by atoms with E-state index < -0.39 is 0 Å². The van der Waals surface area contributed by atoms with Gasteiger partial charge in [-0.2, -0.15) is 0 Å². The largest absolute Gasteiger partial charge is 0.493 e. The van der Waals surface area contributed by atoms with Crippen LogP contribution < -0.4 is 10.1 Å². The van der Waals surface area contributed by atoms with Gasteiger partial charge in [0.15, 0.2) is 0 Å². The van der Waals surface area contributed by atoms with E-state index in [-0.39, 0.29) is 0 Å². The number of para-hydroxylation sites is 1. The molecule has 0 bridgehead atoms. The van der Waals surface area contributed by atoms with Crippen LogP contribution in [0.4, 0.5) is 0 Å². The fourth-order valence-corrected chi connectivity index (χ4v) is 1.73. The second-order valence-corrected chi connectivity index (χ2v) is 4.70. The van der Waals surface area contributed by atoms with Crippen LogP contribution in [0, 0.1) is 0 Å². The van der Waals surface area contributed by atoms with Crippen molar-refractivity contribution in [1.82, 2.24) is 5.32 Å². The molecular formula is C16H25NO. The molecule has 0 aliphatic rings. The Morgan fingerprint density at radius 3 is 2.72 bits per heavy atom. The fraction of sp³-hybridized carbons (Fsp3) is 0.500. The topological polar surface area (TPSA) is 21.3 Å². The summed E-state index contributed by atoms with van der Waals surface area (Å²) in [6, 6.07) is 8.73. The Balaban J connectivity index is 2.27. The molecule has 0 spiro atoms. The maximum absolute atomic E-state index is 5.82. The molecule has 1 aromatic carbocycles. The highest BCUT2D eigenvalue weighted by Gasteiger charge is 1.99. The molecular weight excluding hydrogens is 222 g/mol. The first-order valence-corrected chi connectivity index (χ1v) is 6.82. The van der Waals surface area contributed by atoms with Gasteiger partial charge in [-0.15, -0.1) is 0 Å². The first-order chi connectivity index (χ1) is 8.74. The van der Waals surface area contributed by atoms with Crippen molar-refractivity contribution in [3.63, 3.8) is 0 Å². The second-order valence-electron chi connectivity index (χ2n) is 4.70. The van der Waals surface area contributed by atoms with Gasteiger partial charge in [-0.3, -0.25) is 0 Å². The smallest absolute Gasteiger partial charge is 0.126 e. The van der Waals surface area contributed by atoms with E-state index in [0.717, 1.165) is 37.3 Å². The molecule has 0 aromatic heterocycles. The summed E-state index contributed by atoms with van der Waals surface area (Å²) in [7, 11) is 0. The van der Waals surface area contributed by atoms with Crippen molar-refractivity contribution >= 4 is 6.08 Å². The third kappa shape index (κ3) is 5.87. The van der Waals surface area contributed by atoms with Gasteiger partial charge in [-0.1, -0.05) is 44.2 Å². The lowest BCUT2D eigenvalue weighted by atomic mass is 10.2. The lowest BCUT2D eigenvalue weighted by Gasteiger charge is -2.10. The molecule has 1 aromatic rings. The van der Waals surface area contributed by atoms with E-state index >= 15 is 0 Å². The van der Waals surface area contributed by atoms with Crippen LogP contribution in [0.15, 0.2) is 30.3 Å². The van der Waals surface area contributed by atoms with Crippen molar-refractivity contribution in [3.8, 4) is 5.75 Å². The molecule has 2 heteroatoms. The highest BCUT2D eigenvalue weighted by molar-refractivity contribution is 5.56. The third-order valence-electron chi connectivity index (χ3n) is 2.65. The monoisotopic (exact) mass is 247 g/mol. The fourth-order valence-electron chi connectivity index (χ4n) is 1.73. The predicted octanol–water partition coefficient (Wildman–Crippen LogP) is 3.88. The van der Waals surface area contributed by atoms with Crippen molar-refractivity contribution in [3.05, 3.63) is 35.9 Å². The molecule has 0 saturated carbocycles. The molecule has 0 amide bonds. The summed E-state index contributed by atoms with van der Waals surface area (Å²) in [6.45, 7) is 8.22. The minimum atomic E-state index is 0.571. The highest BCUT2D eigenvalue weighted by atomic mass is 16.5. The van der Waals surface area contributed by atoms with E-state index in [1.165, 1.54) is 0 Å². The average Bonchev–Trinajstić information content (AvgIpc) is 2.35. The Morgan fingerprint density at radius 2 is 2.00 bits per heavy atom. The van der Waals surface area contributed by atoms with E-state index in [0.29, 0.717) is 6.04 Å². The van der Waals surface area contributed by atoms with Crippen LogP contribution in [0.25, 0.3) is 6.08 Å². The Hall–Kier alpha value is -1.28. The molecule has 0 heterocycles. The molecule has 0 aliphatic carbocycles. The van der Waals surface area contributed by atoms with Gasteiger partial charge < -0.3 is 10.1 Å². The summed E-state index contributed by atoms with van der Waals surface area (Å²) in [4.78, 5) is 0. The molecule has 0 atom stereocenters. The Bertz CT molecular complexity index is 358. The molecule has 0 fully saturated rings. The van der Waals surface area contributed by atoms with E-state index in [2.05, 4.69) is 31.3 Å². The zero-order chi connectivity index (χ0) is 13.2. The van der Waals surface area contributed by atoms with E-state index in [1.807, 2.05) is 31.2 Å². The lowest BCUT2D eigenvalue weighted by molar-refractivity contribution is 0.304. The molecule has 0 unspecified atom stereocenters. The van der Waals surface area contributed by atoms with Gasteiger partial charge in [-0.25, -0.2) is 0 Å². The summed E-state index contributed by atoms with van der Waals surface area (Å²) in [5.41, 5.74) is 1.15. The van der Waals surface area contributed by atoms with Crippen LogP contribution in [0.3, 0.4) is 0 Å². The summed E-state index contributed by atoms with van der Waals surface area (Å²) in [5, 5.41) is 3.41. The summed E-state index contributed by atoms with van der Waals surface area (Å²) in [6.07, 6.45) is 6.36. The van der Waals surface area contributed by atoms with Gasteiger partial charge in [0.05, 0.1) is 6.61 Å². The molecule has 100 valence electrons. The maximum Gasteiger partial charge on any atom is 0.126 e. The molecule has 0 aliphatic heterocycles. The highest BCUT2D eigenvalue weighted by Crippen LogP contribution is 2.19. The number of unbranched alkanes of at least 4 members (excludes halogenated alkanes) is 1. The van der Waals surface area contributed by atoms with Crippen molar-refractivity contribution in [1.29, 1.82) is 0 Å². The van der Waals surface area contributed by atoms with Gasteiger partial charge in [0.2, 0.25) is 0 Å². The number of benzene rings is 1. The molecule has 0 radical (unpaired) electrons. The van der Waals surface area contributed by atoms with Crippen LogP contribution in [-0.2, 0) is 0 Å². The van der Waals surface area contributed by atoms with Gasteiger partial charge in [0.1, 0.15) is 5.75 Å². The van der Waals surface area contributed by atoms with Gasteiger partial charge >= 0.3 is 0 Å². The molecule has 18 heavy (non-hydrogen) atoms. The minimum Gasteiger partial charge on any atom is -0.493 e. The third-order valence-corrected chi connectivity index (χ3v) is 2.65. The first-order valence-electron chi connectivity index (χ1n) is 6.82. The van der Waals surface area contributed by atoms with Crippen molar-refractivity contribution in [2.24, 2.45) is 0 Å². The SMILES string of the molecule is CC=Cc1ccccc1OCCCCNC(C)C. The first kappa shape index (κ1) is 14.8. The maximum atomic E-state index is 5.82. The molecule has 1 N–H and O–H groups in total. The molecule has 1 rings (SSSR count).